The SMILES string of the molecule is CCCCN1C(=O)C(CC2CCCCC2)NC(=O)C12CCN(Cc1c[nH]c3ccccc13)CC2. The Balaban J connectivity index is 1.28. The van der Waals surface area contributed by atoms with Crippen molar-refractivity contribution in [1.82, 2.24) is 20.1 Å². The van der Waals surface area contributed by atoms with Crippen LogP contribution in [0.4, 0.5) is 0 Å². The number of H-pyrrole nitrogens is 1. The number of fused-ring (bicyclic) bond motifs is 1. The summed E-state index contributed by atoms with van der Waals surface area (Å²) >= 11 is 0. The molecule has 0 bridgehead atoms. The molecule has 2 aromatic rings. The number of piperazine rings is 1. The van der Waals surface area contributed by atoms with Gasteiger partial charge in [-0.15, -0.1) is 0 Å². The number of para-hydroxylation sites is 1. The summed E-state index contributed by atoms with van der Waals surface area (Å²) in [5, 5.41) is 4.48. The molecule has 2 N–H and O–H groups in total. The number of unbranched alkanes of at least 4 members (excludes halogenated alkanes) is 1. The van der Waals surface area contributed by atoms with Crippen LogP contribution in [-0.4, -0.2) is 57.8 Å². The first-order valence-electron chi connectivity index (χ1n) is 13.5. The van der Waals surface area contributed by atoms with Crippen molar-refractivity contribution in [2.75, 3.05) is 19.6 Å². The third-order valence-corrected chi connectivity index (χ3v) is 8.59. The highest BCUT2D eigenvalue weighted by Gasteiger charge is 2.53. The average Bonchev–Trinajstić information content (AvgIpc) is 3.27. The van der Waals surface area contributed by atoms with Crippen LogP contribution in [0.3, 0.4) is 0 Å². The number of piperidine rings is 1. The monoisotopic (exact) mass is 464 g/mol. The van der Waals surface area contributed by atoms with Gasteiger partial charge >= 0.3 is 0 Å². The fourth-order valence-electron chi connectivity index (χ4n) is 6.51. The number of hydrogen-bond donors (Lipinski definition) is 2. The highest BCUT2D eigenvalue weighted by molar-refractivity contribution is 6.00. The number of nitrogens with one attached hydrogen (secondary N) is 2. The molecule has 6 heteroatoms. The number of aromatic amines is 1. The van der Waals surface area contributed by atoms with Crippen molar-refractivity contribution < 1.29 is 9.59 Å². The van der Waals surface area contributed by atoms with E-state index < -0.39 is 5.54 Å². The van der Waals surface area contributed by atoms with Gasteiger partial charge in [0.1, 0.15) is 11.6 Å². The molecule has 5 rings (SSSR count). The van der Waals surface area contributed by atoms with Gasteiger partial charge in [0, 0.05) is 43.3 Å². The molecule has 3 fully saturated rings. The summed E-state index contributed by atoms with van der Waals surface area (Å²) in [6, 6.07) is 8.08. The van der Waals surface area contributed by atoms with Gasteiger partial charge in [0.05, 0.1) is 0 Å². The molecule has 1 aliphatic carbocycles. The first-order valence-corrected chi connectivity index (χ1v) is 13.5. The lowest BCUT2D eigenvalue weighted by Crippen LogP contribution is -2.73. The first-order chi connectivity index (χ1) is 16.6. The molecule has 3 heterocycles. The molecule has 2 aliphatic heterocycles. The Morgan fingerprint density at radius 1 is 1.06 bits per heavy atom. The summed E-state index contributed by atoms with van der Waals surface area (Å²) in [7, 11) is 0. The molecule has 1 atom stereocenters. The van der Waals surface area contributed by atoms with Crippen molar-refractivity contribution in [2.45, 2.75) is 89.3 Å². The summed E-state index contributed by atoms with van der Waals surface area (Å²) in [6.07, 6.45) is 12.6. The Morgan fingerprint density at radius 3 is 2.59 bits per heavy atom. The van der Waals surface area contributed by atoms with Crippen LogP contribution in [0.1, 0.15) is 76.7 Å². The van der Waals surface area contributed by atoms with E-state index in [0.717, 1.165) is 44.4 Å². The fraction of sp³-hybridized carbons (Fsp3) is 0.643. The molecule has 2 amide bonds. The van der Waals surface area contributed by atoms with Crippen molar-refractivity contribution in [1.29, 1.82) is 0 Å². The van der Waals surface area contributed by atoms with Crippen LogP contribution < -0.4 is 5.32 Å². The van der Waals surface area contributed by atoms with Crippen LogP contribution >= 0.6 is 0 Å². The van der Waals surface area contributed by atoms with E-state index in [1.165, 1.54) is 43.1 Å². The Kier molecular flexibility index (Phi) is 6.96. The van der Waals surface area contributed by atoms with Gasteiger partial charge in [-0.3, -0.25) is 14.5 Å². The summed E-state index contributed by atoms with van der Waals surface area (Å²) in [4.78, 5) is 35.1. The fourth-order valence-corrected chi connectivity index (χ4v) is 6.51. The maximum atomic E-state index is 13.7. The number of carbonyl (C=O) groups is 2. The van der Waals surface area contributed by atoms with Crippen molar-refractivity contribution in [3.05, 3.63) is 36.0 Å². The van der Waals surface area contributed by atoms with Crippen LogP contribution in [0.5, 0.6) is 0 Å². The summed E-state index contributed by atoms with van der Waals surface area (Å²) in [5.74, 6) is 0.836. The van der Waals surface area contributed by atoms with Crippen LogP contribution in [0.25, 0.3) is 10.9 Å². The second-order valence-electron chi connectivity index (χ2n) is 10.8. The Labute approximate surface area is 203 Å². The summed E-state index contributed by atoms with van der Waals surface area (Å²) in [5.41, 5.74) is 1.79. The standard InChI is InChI=1S/C28H40N4O2/c1-2-3-15-32-26(33)25(18-21-9-5-4-6-10-21)30-27(34)28(32)13-16-31(17-14-28)20-22-19-29-24-12-8-7-11-23(22)24/h7-8,11-12,19,21,25,29H,2-6,9-10,13-18,20H2,1H3,(H,30,34). The molecule has 0 radical (unpaired) electrons. The maximum Gasteiger partial charge on any atom is 0.246 e. The molecule has 184 valence electrons. The van der Waals surface area contributed by atoms with Gasteiger partial charge in [-0.05, 0) is 43.2 Å². The molecule has 1 spiro atoms. The molecular formula is C28H40N4O2. The van der Waals surface area contributed by atoms with E-state index in [9.17, 15) is 9.59 Å². The van der Waals surface area contributed by atoms with Crippen LogP contribution in [0.2, 0.25) is 0 Å². The second kappa shape index (κ2) is 10.1. The van der Waals surface area contributed by atoms with Crippen LogP contribution in [0, 0.1) is 5.92 Å². The lowest BCUT2D eigenvalue weighted by Gasteiger charge is -2.52. The number of amides is 2. The Morgan fingerprint density at radius 2 is 1.82 bits per heavy atom. The third-order valence-electron chi connectivity index (χ3n) is 8.59. The molecular weight excluding hydrogens is 424 g/mol. The lowest BCUT2D eigenvalue weighted by molar-refractivity contribution is -0.162. The Hall–Kier alpha value is -2.34. The molecule has 6 nitrogen and oxygen atoms in total. The van der Waals surface area contributed by atoms with E-state index in [-0.39, 0.29) is 17.9 Å². The number of nitrogens with zero attached hydrogens (tertiary/aromatic N) is 2. The van der Waals surface area contributed by atoms with Crippen LogP contribution in [-0.2, 0) is 16.1 Å². The predicted octanol–water partition coefficient (Wildman–Crippen LogP) is 4.60. The van der Waals surface area contributed by atoms with E-state index >= 15 is 0 Å². The number of benzene rings is 1. The zero-order valence-corrected chi connectivity index (χ0v) is 20.7. The highest BCUT2D eigenvalue weighted by Crippen LogP contribution is 2.36. The number of carbonyl (C=O) groups excluding carboxylic acids is 2. The smallest absolute Gasteiger partial charge is 0.246 e. The number of likely N-dealkylation sites (tertiary alicyclic amines) is 1. The van der Waals surface area contributed by atoms with Gasteiger partial charge in [-0.1, -0.05) is 63.6 Å². The highest BCUT2D eigenvalue weighted by atomic mass is 16.2. The quantitative estimate of drug-likeness (QED) is 0.629. The minimum absolute atomic E-state index is 0.0933. The summed E-state index contributed by atoms with van der Waals surface area (Å²) < 4.78 is 0. The van der Waals surface area contributed by atoms with Gasteiger partial charge < -0.3 is 15.2 Å². The largest absolute Gasteiger partial charge is 0.361 e. The topological polar surface area (TPSA) is 68.4 Å². The second-order valence-corrected chi connectivity index (χ2v) is 10.8. The zero-order valence-electron chi connectivity index (χ0n) is 20.7. The predicted molar refractivity (Wildman–Crippen MR) is 135 cm³/mol. The lowest BCUT2D eigenvalue weighted by atomic mass is 9.79. The van der Waals surface area contributed by atoms with E-state index in [2.05, 4.69) is 52.6 Å². The minimum Gasteiger partial charge on any atom is -0.361 e. The number of hydrogen-bond acceptors (Lipinski definition) is 3. The van der Waals surface area contributed by atoms with E-state index in [1.54, 1.807) is 0 Å². The molecule has 1 unspecified atom stereocenters. The van der Waals surface area contributed by atoms with Gasteiger partial charge in [-0.2, -0.15) is 0 Å². The third kappa shape index (κ3) is 4.49. The minimum atomic E-state index is -0.675. The molecule has 3 aliphatic rings. The van der Waals surface area contributed by atoms with E-state index in [0.29, 0.717) is 25.3 Å². The van der Waals surface area contributed by atoms with E-state index in [4.69, 9.17) is 0 Å². The number of aromatic nitrogens is 1. The van der Waals surface area contributed by atoms with Crippen LogP contribution in [0.15, 0.2) is 30.5 Å². The van der Waals surface area contributed by atoms with Crippen molar-refractivity contribution in [2.24, 2.45) is 5.92 Å². The van der Waals surface area contributed by atoms with Crippen molar-refractivity contribution >= 4 is 22.7 Å². The summed E-state index contributed by atoms with van der Waals surface area (Å²) in [6.45, 7) is 5.39. The normalized spacial score (nSPS) is 24.1. The zero-order chi connectivity index (χ0) is 23.5. The molecule has 1 aromatic heterocycles. The molecule has 2 saturated heterocycles. The van der Waals surface area contributed by atoms with Gasteiger partial charge in [0.2, 0.25) is 11.8 Å². The maximum absolute atomic E-state index is 13.7. The Bertz CT molecular complexity index is 1000. The van der Waals surface area contributed by atoms with Crippen molar-refractivity contribution in [3.8, 4) is 0 Å². The van der Waals surface area contributed by atoms with Gasteiger partial charge in [0.25, 0.3) is 0 Å². The number of rotatable bonds is 7. The van der Waals surface area contributed by atoms with Gasteiger partial charge in [0.15, 0.2) is 0 Å². The first kappa shape index (κ1) is 23.4. The molecule has 34 heavy (non-hydrogen) atoms. The molecule has 1 saturated carbocycles. The van der Waals surface area contributed by atoms with Crippen molar-refractivity contribution in [3.63, 3.8) is 0 Å². The molecule has 1 aromatic carbocycles. The average molecular weight is 465 g/mol. The van der Waals surface area contributed by atoms with E-state index in [1.807, 2.05) is 4.90 Å². The van der Waals surface area contributed by atoms with Gasteiger partial charge in [-0.25, -0.2) is 0 Å².